The first kappa shape index (κ1) is 20.7. The van der Waals surface area contributed by atoms with Gasteiger partial charge in [0, 0.05) is 11.8 Å². The summed E-state index contributed by atoms with van der Waals surface area (Å²) in [5, 5.41) is 3.35. The lowest BCUT2D eigenvalue weighted by Gasteiger charge is -2.23. The molecule has 3 heterocycles. The molecule has 0 radical (unpaired) electrons. The first-order valence-corrected chi connectivity index (χ1v) is 10.2. The molecule has 5 rings (SSSR count). The lowest BCUT2D eigenvalue weighted by molar-refractivity contribution is 0.583. The molecule has 0 unspecified atom stereocenters. The van der Waals surface area contributed by atoms with Gasteiger partial charge in [0.05, 0.1) is 23.4 Å². The maximum atomic E-state index is 14.8. The van der Waals surface area contributed by atoms with Gasteiger partial charge in [-0.15, -0.1) is 0 Å². The number of hydrogen-bond acceptors (Lipinski definition) is 5. The number of imidazole rings is 1. The second-order valence-corrected chi connectivity index (χ2v) is 7.44. The van der Waals surface area contributed by atoms with Gasteiger partial charge in [0.15, 0.2) is 11.5 Å². The Kier molecular flexibility index (Phi) is 5.04. The predicted molar refractivity (Wildman–Crippen MR) is 118 cm³/mol. The van der Waals surface area contributed by atoms with Crippen molar-refractivity contribution in [2.24, 2.45) is 0 Å². The van der Waals surface area contributed by atoms with Gasteiger partial charge in [0.1, 0.15) is 29.3 Å². The van der Waals surface area contributed by atoms with Crippen LogP contribution in [0.5, 0.6) is 0 Å². The fourth-order valence-corrected chi connectivity index (χ4v) is 3.92. The molecule has 166 valence electrons. The number of anilines is 1. The number of pyridine rings is 1. The highest BCUT2D eigenvalue weighted by molar-refractivity contribution is 5.84. The minimum Gasteiger partial charge on any atom is -0.360 e. The van der Waals surface area contributed by atoms with E-state index in [9.17, 15) is 18.0 Å². The Bertz CT molecular complexity index is 1560. The third-order valence-corrected chi connectivity index (χ3v) is 5.47. The summed E-state index contributed by atoms with van der Waals surface area (Å²) in [7, 11) is 0. The van der Waals surface area contributed by atoms with Crippen molar-refractivity contribution in [3.63, 3.8) is 0 Å². The van der Waals surface area contributed by atoms with E-state index in [0.29, 0.717) is 34.5 Å². The number of halogens is 3. The highest BCUT2D eigenvalue weighted by Gasteiger charge is 2.23. The number of nitrogens with zero attached hydrogens (tertiary/aromatic N) is 4. The van der Waals surface area contributed by atoms with Gasteiger partial charge in [-0.3, -0.25) is 9.36 Å². The molecule has 0 amide bonds. The maximum absolute atomic E-state index is 14.8. The van der Waals surface area contributed by atoms with Gasteiger partial charge in [0.25, 0.3) is 5.56 Å². The molecule has 0 saturated carbocycles. The zero-order valence-corrected chi connectivity index (χ0v) is 17.3. The molecule has 33 heavy (non-hydrogen) atoms. The Morgan fingerprint density at radius 3 is 2.73 bits per heavy atom. The molecule has 1 atom stereocenters. The van der Waals surface area contributed by atoms with Gasteiger partial charge in [-0.1, -0.05) is 19.1 Å². The molecule has 10 heteroatoms. The summed E-state index contributed by atoms with van der Waals surface area (Å²) in [5.41, 5.74) is 0.198. The lowest BCUT2D eigenvalue weighted by atomic mass is 10.0. The average molecular weight is 450 g/mol. The van der Waals surface area contributed by atoms with Crippen molar-refractivity contribution >= 4 is 27.8 Å². The van der Waals surface area contributed by atoms with Crippen molar-refractivity contribution in [2.45, 2.75) is 19.4 Å². The molecule has 7 nitrogen and oxygen atoms in total. The normalized spacial score (nSPS) is 12.4. The Morgan fingerprint density at radius 1 is 1.06 bits per heavy atom. The van der Waals surface area contributed by atoms with E-state index in [1.807, 2.05) is 6.92 Å². The van der Waals surface area contributed by atoms with Gasteiger partial charge in [-0.2, -0.15) is 0 Å². The fourth-order valence-electron chi connectivity index (χ4n) is 3.92. The highest BCUT2D eigenvalue weighted by Crippen LogP contribution is 2.29. The van der Waals surface area contributed by atoms with Gasteiger partial charge in [-0.25, -0.2) is 28.1 Å². The van der Waals surface area contributed by atoms with E-state index >= 15 is 0 Å². The molecule has 0 aliphatic carbocycles. The number of aromatic nitrogens is 5. The number of hydrogen-bond donors (Lipinski definition) is 2. The molecule has 2 N–H and O–H groups in total. The molecule has 0 aliphatic rings. The topological polar surface area (TPSA) is 88.5 Å². The number of H-pyrrole nitrogens is 1. The minimum absolute atomic E-state index is 0.212. The standard InChI is InChI=1S/C23H17F3N6O/c1-2-16(31-22-20-21(28-10-27-20)29-11-30-22)18-8-12-4-3-5-15(26)19(12)23(33)32(18)17-9-13(24)6-7-14(17)25/h3-11,16H,2H2,1H3,(H2,27,28,29,30,31)/t16-/m0/s1. The summed E-state index contributed by atoms with van der Waals surface area (Å²) in [6, 6.07) is 8.04. The summed E-state index contributed by atoms with van der Waals surface area (Å²) in [6.07, 6.45) is 3.26. The summed E-state index contributed by atoms with van der Waals surface area (Å²) >= 11 is 0. The minimum atomic E-state index is -0.818. The van der Waals surface area contributed by atoms with E-state index in [1.165, 1.54) is 18.7 Å². The van der Waals surface area contributed by atoms with Crippen LogP contribution in [0.2, 0.25) is 0 Å². The van der Waals surface area contributed by atoms with Crippen LogP contribution in [0.4, 0.5) is 19.0 Å². The summed E-state index contributed by atoms with van der Waals surface area (Å²) in [4.78, 5) is 28.9. The largest absolute Gasteiger partial charge is 0.360 e. The predicted octanol–water partition coefficient (Wildman–Crippen LogP) is 4.64. The van der Waals surface area contributed by atoms with Gasteiger partial charge in [0.2, 0.25) is 0 Å². The molecule has 0 bridgehead atoms. The Hall–Kier alpha value is -4.21. The van der Waals surface area contributed by atoms with Crippen LogP contribution in [0, 0.1) is 17.5 Å². The molecule has 0 fully saturated rings. The van der Waals surface area contributed by atoms with E-state index in [0.717, 1.165) is 28.8 Å². The van der Waals surface area contributed by atoms with Crippen LogP contribution < -0.4 is 10.9 Å². The summed E-state index contributed by atoms with van der Waals surface area (Å²) in [6.45, 7) is 1.85. The van der Waals surface area contributed by atoms with Gasteiger partial charge < -0.3 is 10.3 Å². The van der Waals surface area contributed by atoms with Crippen LogP contribution in [-0.2, 0) is 0 Å². The fraction of sp³-hybridized carbons (Fsp3) is 0.130. The van der Waals surface area contributed by atoms with Crippen molar-refractivity contribution in [1.29, 1.82) is 0 Å². The zero-order valence-electron chi connectivity index (χ0n) is 17.3. The van der Waals surface area contributed by atoms with Crippen molar-refractivity contribution in [1.82, 2.24) is 24.5 Å². The number of rotatable bonds is 5. The molecule has 5 aromatic rings. The number of aromatic amines is 1. The van der Waals surface area contributed by atoms with E-state index in [2.05, 4.69) is 25.3 Å². The smallest absolute Gasteiger partial charge is 0.266 e. The highest BCUT2D eigenvalue weighted by atomic mass is 19.1. The lowest BCUT2D eigenvalue weighted by Crippen LogP contribution is -2.28. The molecular weight excluding hydrogens is 433 g/mol. The van der Waals surface area contributed by atoms with Gasteiger partial charge in [-0.05, 0) is 36.1 Å². The monoisotopic (exact) mass is 450 g/mol. The van der Waals surface area contributed by atoms with Crippen molar-refractivity contribution in [3.05, 3.63) is 88.6 Å². The summed E-state index contributed by atoms with van der Waals surface area (Å²) in [5.74, 6) is -1.90. The van der Waals surface area contributed by atoms with E-state index in [-0.39, 0.29) is 11.1 Å². The van der Waals surface area contributed by atoms with Crippen LogP contribution in [0.1, 0.15) is 25.1 Å². The Labute approximate surface area is 185 Å². The molecule has 0 aliphatic heterocycles. The first-order chi connectivity index (χ1) is 16.0. The second-order valence-electron chi connectivity index (χ2n) is 7.44. The number of nitrogens with one attached hydrogen (secondary N) is 2. The number of fused-ring (bicyclic) bond motifs is 2. The average Bonchev–Trinajstić information content (AvgIpc) is 3.29. The molecule has 0 saturated heterocycles. The zero-order chi connectivity index (χ0) is 23.1. The van der Waals surface area contributed by atoms with E-state index in [4.69, 9.17) is 0 Å². The quantitative estimate of drug-likeness (QED) is 0.407. The Morgan fingerprint density at radius 2 is 1.91 bits per heavy atom. The van der Waals surface area contributed by atoms with Crippen LogP contribution in [0.25, 0.3) is 27.6 Å². The maximum Gasteiger partial charge on any atom is 0.266 e. The first-order valence-electron chi connectivity index (χ1n) is 10.2. The van der Waals surface area contributed by atoms with Crippen LogP contribution in [-0.4, -0.2) is 24.5 Å². The number of benzene rings is 2. The Balaban J connectivity index is 1.78. The van der Waals surface area contributed by atoms with Crippen molar-refractivity contribution in [2.75, 3.05) is 5.32 Å². The molecular formula is C23H17F3N6O. The third kappa shape index (κ3) is 3.49. The molecule has 0 spiro atoms. The van der Waals surface area contributed by atoms with Crippen LogP contribution >= 0.6 is 0 Å². The summed E-state index contributed by atoms with van der Waals surface area (Å²) < 4.78 is 44.5. The third-order valence-electron chi connectivity index (χ3n) is 5.47. The second kappa shape index (κ2) is 8.05. The van der Waals surface area contributed by atoms with Crippen LogP contribution in [0.15, 0.2) is 59.9 Å². The SMILES string of the molecule is CC[C@H](Nc1ncnc2[nH]cnc12)c1cc2cccc(F)c2c(=O)n1-c1cc(F)ccc1F. The van der Waals surface area contributed by atoms with E-state index in [1.54, 1.807) is 12.1 Å². The van der Waals surface area contributed by atoms with E-state index < -0.39 is 29.1 Å². The van der Waals surface area contributed by atoms with Crippen molar-refractivity contribution in [3.8, 4) is 5.69 Å². The van der Waals surface area contributed by atoms with Crippen molar-refractivity contribution < 1.29 is 13.2 Å². The molecule has 2 aromatic carbocycles. The van der Waals surface area contributed by atoms with Crippen LogP contribution in [0.3, 0.4) is 0 Å². The van der Waals surface area contributed by atoms with Gasteiger partial charge >= 0.3 is 0 Å². The molecule has 3 aromatic heterocycles.